The molecule has 28 heavy (non-hydrogen) atoms. The van der Waals surface area contributed by atoms with Crippen molar-refractivity contribution < 1.29 is 9.53 Å². The van der Waals surface area contributed by atoms with E-state index in [1.54, 1.807) is 24.3 Å². The van der Waals surface area contributed by atoms with Crippen molar-refractivity contribution in [2.45, 2.75) is 18.9 Å². The number of carbonyl (C=O) groups is 1. The molecule has 1 saturated carbocycles. The van der Waals surface area contributed by atoms with Gasteiger partial charge in [0.2, 0.25) is 0 Å². The van der Waals surface area contributed by atoms with E-state index in [0.717, 1.165) is 24.2 Å². The van der Waals surface area contributed by atoms with Crippen LogP contribution in [0.2, 0.25) is 5.02 Å². The second-order valence-electron chi connectivity index (χ2n) is 6.44. The number of nitrogens with one attached hydrogen (secondary N) is 2. The molecule has 0 radical (unpaired) electrons. The van der Waals surface area contributed by atoms with E-state index < -0.39 is 0 Å². The average Bonchev–Trinajstić information content (AvgIpc) is 3.44. The molecule has 0 saturated heterocycles. The molecule has 1 aliphatic carbocycles. The molecule has 0 bridgehead atoms. The molecule has 3 aromatic rings. The molecule has 0 aliphatic heterocycles. The van der Waals surface area contributed by atoms with Crippen LogP contribution >= 0.6 is 11.6 Å². The van der Waals surface area contributed by atoms with Crippen LogP contribution < -0.4 is 15.4 Å². The zero-order valence-corrected chi connectivity index (χ0v) is 15.8. The predicted octanol–water partition coefficient (Wildman–Crippen LogP) is 3.53. The Balaban J connectivity index is 1.24. The molecular formula is C19H19ClN6O2. The van der Waals surface area contributed by atoms with Crippen molar-refractivity contribution in [1.82, 2.24) is 25.5 Å². The molecule has 8 nitrogen and oxygen atoms in total. The number of hydrogen-bond donors (Lipinski definition) is 2. The number of ether oxygens (including phenoxy) is 1. The van der Waals surface area contributed by atoms with Crippen molar-refractivity contribution in [2.75, 3.05) is 18.5 Å². The van der Waals surface area contributed by atoms with Gasteiger partial charge in [-0.1, -0.05) is 11.6 Å². The van der Waals surface area contributed by atoms with Crippen LogP contribution in [-0.4, -0.2) is 39.4 Å². The van der Waals surface area contributed by atoms with Crippen molar-refractivity contribution in [2.24, 2.45) is 0 Å². The highest BCUT2D eigenvalue weighted by Gasteiger charge is 2.28. The Kier molecular flexibility index (Phi) is 5.38. The molecule has 9 heteroatoms. The fourth-order valence-electron chi connectivity index (χ4n) is 2.69. The largest absolute Gasteiger partial charge is 0.492 e. The van der Waals surface area contributed by atoms with Gasteiger partial charge in [0.25, 0.3) is 0 Å². The predicted molar refractivity (Wildman–Crippen MR) is 105 cm³/mol. The SMILES string of the molecule is O=C(NCCOc1ccc(Cl)cc1)Nc1ccc(-c2nnnn2C2CC2)cc1. The molecular weight excluding hydrogens is 380 g/mol. The number of nitrogens with zero attached hydrogens (tertiary/aromatic N) is 4. The highest BCUT2D eigenvalue weighted by Crippen LogP contribution is 2.36. The van der Waals surface area contributed by atoms with Gasteiger partial charge in [-0.05, 0) is 71.8 Å². The van der Waals surface area contributed by atoms with Crippen LogP contribution in [0.1, 0.15) is 18.9 Å². The van der Waals surface area contributed by atoms with Crippen LogP contribution in [0.5, 0.6) is 5.75 Å². The molecule has 0 atom stereocenters. The van der Waals surface area contributed by atoms with Gasteiger partial charge < -0.3 is 15.4 Å². The lowest BCUT2D eigenvalue weighted by atomic mass is 10.2. The van der Waals surface area contributed by atoms with Gasteiger partial charge in [0, 0.05) is 16.3 Å². The maximum Gasteiger partial charge on any atom is 0.319 e. The number of rotatable bonds is 7. The van der Waals surface area contributed by atoms with Crippen molar-refractivity contribution >= 4 is 23.3 Å². The topological polar surface area (TPSA) is 94.0 Å². The number of benzene rings is 2. The van der Waals surface area contributed by atoms with Crippen LogP contribution in [0.15, 0.2) is 48.5 Å². The first-order valence-electron chi connectivity index (χ1n) is 9.00. The summed E-state index contributed by atoms with van der Waals surface area (Å²) in [7, 11) is 0. The zero-order chi connectivity index (χ0) is 19.3. The minimum atomic E-state index is -0.296. The maximum absolute atomic E-state index is 12.0. The second-order valence-corrected chi connectivity index (χ2v) is 6.88. The van der Waals surface area contributed by atoms with Crippen molar-refractivity contribution in [3.05, 3.63) is 53.6 Å². The first-order chi connectivity index (χ1) is 13.7. The number of halogens is 1. The Labute approximate surface area is 166 Å². The van der Waals surface area contributed by atoms with E-state index in [0.29, 0.717) is 35.7 Å². The summed E-state index contributed by atoms with van der Waals surface area (Å²) in [5, 5.41) is 18.1. The smallest absolute Gasteiger partial charge is 0.319 e. The molecule has 144 valence electrons. The Hall–Kier alpha value is -3.13. The summed E-state index contributed by atoms with van der Waals surface area (Å²) in [5.74, 6) is 1.45. The lowest BCUT2D eigenvalue weighted by Crippen LogP contribution is -2.32. The number of amides is 2. The highest BCUT2D eigenvalue weighted by atomic mass is 35.5. The maximum atomic E-state index is 12.0. The van der Waals surface area contributed by atoms with E-state index in [-0.39, 0.29) is 6.03 Å². The van der Waals surface area contributed by atoms with Crippen LogP contribution in [0.25, 0.3) is 11.4 Å². The third-order valence-electron chi connectivity index (χ3n) is 4.26. The van der Waals surface area contributed by atoms with E-state index in [9.17, 15) is 4.79 Å². The molecule has 1 aliphatic rings. The lowest BCUT2D eigenvalue weighted by molar-refractivity contribution is 0.247. The fraction of sp³-hybridized carbons (Fsp3) is 0.263. The van der Waals surface area contributed by atoms with Gasteiger partial charge in [-0.3, -0.25) is 0 Å². The lowest BCUT2D eigenvalue weighted by Gasteiger charge is -2.10. The minimum absolute atomic E-state index is 0.296. The van der Waals surface area contributed by atoms with E-state index in [2.05, 4.69) is 26.2 Å². The first kappa shape index (κ1) is 18.2. The van der Waals surface area contributed by atoms with Gasteiger partial charge in [0.05, 0.1) is 12.6 Å². The number of tetrazole rings is 1. The third kappa shape index (κ3) is 4.58. The molecule has 0 unspecified atom stereocenters. The Morgan fingerprint density at radius 1 is 1.14 bits per heavy atom. The van der Waals surface area contributed by atoms with Gasteiger partial charge in [-0.15, -0.1) is 5.10 Å². The van der Waals surface area contributed by atoms with Crippen LogP contribution in [0.3, 0.4) is 0 Å². The summed E-state index contributed by atoms with van der Waals surface area (Å²) in [6.45, 7) is 0.737. The minimum Gasteiger partial charge on any atom is -0.492 e. The summed E-state index contributed by atoms with van der Waals surface area (Å²) in [5.41, 5.74) is 1.60. The molecule has 1 fully saturated rings. The highest BCUT2D eigenvalue weighted by molar-refractivity contribution is 6.30. The summed E-state index contributed by atoms with van der Waals surface area (Å²) in [6.07, 6.45) is 2.22. The Morgan fingerprint density at radius 2 is 1.89 bits per heavy atom. The molecule has 0 spiro atoms. The number of hydrogen-bond acceptors (Lipinski definition) is 5. The van der Waals surface area contributed by atoms with Gasteiger partial charge in [-0.2, -0.15) is 0 Å². The second kappa shape index (κ2) is 8.26. The van der Waals surface area contributed by atoms with Crippen molar-refractivity contribution in [3.8, 4) is 17.1 Å². The van der Waals surface area contributed by atoms with E-state index >= 15 is 0 Å². The molecule has 1 aromatic heterocycles. The summed E-state index contributed by atoms with van der Waals surface area (Å²) in [4.78, 5) is 12.0. The molecule has 2 N–H and O–H groups in total. The number of urea groups is 1. The van der Waals surface area contributed by atoms with Crippen LogP contribution in [-0.2, 0) is 0 Å². The normalized spacial score (nSPS) is 13.2. The molecule has 2 amide bonds. The average molecular weight is 399 g/mol. The summed E-state index contributed by atoms with van der Waals surface area (Å²) >= 11 is 5.82. The number of aromatic nitrogens is 4. The zero-order valence-electron chi connectivity index (χ0n) is 15.0. The quantitative estimate of drug-likeness (QED) is 0.594. The molecule has 1 heterocycles. The standard InChI is InChI=1S/C19H19ClN6O2/c20-14-3-9-17(10-4-14)28-12-11-21-19(27)22-15-5-1-13(2-6-15)18-23-24-25-26(18)16-7-8-16/h1-6,9-10,16H,7-8,11-12H2,(H2,21,22,27). The summed E-state index contributed by atoms with van der Waals surface area (Å²) in [6, 6.07) is 14.6. The van der Waals surface area contributed by atoms with E-state index in [1.165, 1.54) is 0 Å². The Bertz CT molecular complexity index is 938. The van der Waals surface area contributed by atoms with Gasteiger partial charge in [0.1, 0.15) is 12.4 Å². The van der Waals surface area contributed by atoms with Crippen LogP contribution in [0.4, 0.5) is 10.5 Å². The van der Waals surface area contributed by atoms with Gasteiger partial charge in [-0.25, -0.2) is 9.48 Å². The fourth-order valence-corrected chi connectivity index (χ4v) is 2.82. The van der Waals surface area contributed by atoms with E-state index in [4.69, 9.17) is 16.3 Å². The molecule has 2 aromatic carbocycles. The van der Waals surface area contributed by atoms with E-state index in [1.807, 2.05) is 28.9 Å². The molecule has 4 rings (SSSR count). The Morgan fingerprint density at radius 3 is 2.61 bits per heavy atom. The first-order valence-corrected chi connectivity index (χ1v) is 9.38. The van der Waals surface area contributed by atoms with Gasteiger partial charge in [0.15, 0.2) is 5.82 Å². The summed E-state index contributed by atoms with van der Waals surface area (Å²) < 4.78 is 7.39. The number of anilines is 1. The van der Waals surface area contributed by atoms with Gasteiger partial charge >= 0.3 is 6.03 Å². The number of carbonyl (C=O) groups excluding carboxylic acids is 1. The van der Waals surface area contributed by atoms with Crippen LogP contribution in [0, 0.1) is 0 Å². The van der Waals surface area contributed by atoms with Crippen molar-refractivity contribution in [1.29, 1.82) is 0 Å². The monoisotopic (exact) mass is 398 g/mol. The van der Waals surface area contributed by atoms with Crippen molar-refractivity contribution in [3.63, 3.8) is 0 Å². The third-order valence-corrected chi connectivity index (χ3v) is 4.51.